The lowest BCUT2D eigenvalue weighted by Crippen LogP contribution is -2.73. The first-order valence-electron chi connectivity index (χ1n) is 5.00. The Hall–Kier alpha value is -1.44. The van der Waals surface area contributed by atoms with Crippen LogP contribution in [0.25, 0.3) is 0 Å². The summed E-state index contributed by atoms with van der Waals surface area (Å²) in [5.74, 6) is -0.974. The largest absolute Gasteiger partial charge is 0.465 e. The van der Waals surface area contributed by atoms with Gasteiger partial charge in [0.2, 0.25) is 5.69 Å². The molecule has 0 saturated carbocycles. The summed E-state index contributed by atoms with van der Waals surface area (Å²) in [5.41, 5.74) is 2.02. The van der Waals surface area contributed by atoms with Gasteiger partial charge in [-0.15, -0.1) is 0 Å². The normalized spacial score (nSPS) is 10.0. The van der Waals surface area contributed by atoms with Crippen LogP contribution in [0.4, 0.5) is 5.69 Å². The molecule has 0 saturated heterocycles. The van der Waals surface area contributed by atoms with E-state index in [4.69, 9.17) is 9.94 Å². The Morgan fingerprint density at radius 1 is 1.44 bits per heavy atom. The fourth-order valence-electron chi connectivity index (χ4n) is 1.40. The number of carbonyl (C=O) groups is 2. The minimum atomic E-state index is -0.541. The molecule has 0 atom stereocenters. The van der Waals surface area contributed by atoms with E-state index in [0.717, 1.165) is 5.48 Å². The van der Waals surface area contributed by atoms with E-state index in [-0.39, 0.29) is 11.3 Å². The van der Waals surface area contributed by atoms with Crippen LogP contribution in [0.5, 0.6) is 5.75 Å². The molecule has 0 spiro atoms. The molecule has 0 bridgehead atoms. The standard InChI is InChI=1S/C11H12BrNO5/c1-6(14)18-10-4-8(11(15)17-2)7(5-12)3-9(10)13-16/h3-4,13,16H,5H2,1-2H3/p+1. The number of alkyl halides is 1. The lowest BCUT2D eigenvalue weighted by atomic mass is 10.1. The van der Waals surface area contributed by atoms with Gasteiger partial charge in [0.05, 0.1) is 12.7 Å². The Labute approximate surface area is 112 Å². The third-order valence-electron chi connectivity index (χ3n) is 2.18. The summed E-state index contributed by atoms with van der Waals surface area (Å²) >= 11 is 3.23. The van der Waals surface area contributed by atoms with Crippen molar-refractivity contribution in [2.75, 3.05) is 7.11 Å². The second-order valence-corrected chi connectivity index (χ2v) is 3.96. The van der Waals surface area contributed by atoms with Gasteiger partial charge in [-0.2, -0.15) is 5.48 Å². The first kappa shape index (κ1) is 14.6. The number of hydrogen-bond donors (Lipinski definition) is 2. The molecule has 1 rings (SSSR count). The zero-order valence-electron chi connectivity index (χ0n) is 9.90. The van der Waals surface area contributed by atoms with Gasteiger partial charge in [0.25, 0.3) is 0 Å². The lowest BCUT2D eigenvalue weighted by Gasteiger charge is -2.10. The number of rotatable bonds is 4. The van der Waals surface area contributed by atoms with Crippen LogP contribution >= 0.6 is 15.9 Å². The van der Waals surface area contributed by atoms with Crippen molar-refractivity contribution in [1.82, 2.24) is 0 Å². The molecule has 7 heteroatoms. The molecule has 0 amide bonds. The monoisotopic (exact) mass is 318 g/mol. The van der Waals surface area contributed by atoms with E-state index in [1.165, 1.54) is 20.1 Å². The Morgan fingerprint density at radius 2 is 2.11 bits per heavy atom. The maximum absolute atomic E-state index is 11.6. The molecule has 6 nitrogen and oxygen atoms in total. The highest BCUT2D eigenvalue weighted by Crippen LogP contribution is 2.27. The molecule has 0 aliphatic heterocycles. The Kier molecular flexibility index (Phi) is 5.26. The van der Waals surface area contributed by atoms with Crippen LogP contribution in [-0.4, -0.2) is 24.3 Å². The number of hydrogen-bond acceptors (Lipinski definition) is 5. The molecule has 1 aromatic rings. The first-order valence-corrected chi connectivity index (χ1v) is 6.12. The van der Waals surface area contributed by atoms with Crippen molar-refractivity contribution in [2.45, 2.75) is 12.3 Å². The molecule has 0 radical (unpaired) electrons. The quantitative estimate of drug-likeness (QED) is 0.283. The van der Waals surface area contributed by atoms with E-state index in [1.807, 2.05) is 0 Å². The summed E-state index contributed by atoms with van der Waals surface area (Å²) in [4.78, 5) is 22.5. The third-order valence-corrected chi connectivity index (χ3v) is 2.78. The fourth-order valence-corrected chi connectivity index (χ4v) is 1.86. The van der Waals surface area contributed by atoms with E-state index in [1.54, 1.807) is 6.07 Å². The SMILES string of the molecule is COC(=O)c1cc(OC(C)=O)c([NH2+]O)cc1CBr. The summed E-state index contributed by atoms with van der Waals surface area (Å²) < 4.78 is 9.56. The molecule has 1 aromatic carbocycles. The molecular weight excluding hydrogens is 306 g/mol. The zero-order valence-corrected chi connectivity index (χ0v) is 11.5. The van der Waals surface area contributed by atoms with Gasteiger partial charge in [-0.05, 0) is 5.56 Å². The minimum Gasteiger partial charge on any atom is -0.465 e. The van der Waals surface area contributed by atoms with Crippen LogP contribution in [0, 0.1) is 0 Å². The number of nitrogens with two attached hydrogens (primary N) is 1. The second-order valence-electron chi connectivity index (χ2n) is 3.40. The molecule has 0 aliphatic carbocycles. The topological polar surface area (TPSA) is 89.4 Å². The third kappa shape index (κ3) is 3.28. The van der Waals surface area contributed by atoms with E-state index in [0.29, 0.717) is 16.6 Å². The molecule has 3 N–H and O–H groups in total. The molecule has 98 valence electrons. The highest BCUT2D eigenvalue weighted by atomic mass is 79.9. The van der Waals surface area contributed by atoms with Gasteiger partial charge in [-0.3, -0.25) is 4.79 Å². The summed E-state index contributed by atoms with van der Waals surface area (Å²) in [7, 11) is 1.26. The van der Waals surface area contributed by atoms with Gasteiger partial charge < -0.3 is 9.47 Å². The molecule has 0 heterocycles. The van der Waals surface area contributed by atoms with Gasteiger partial charge in [0, 0.05) is 24.4 Å². The Bertz CT molecular complexity index is 475. The average Bonchev–Trinajstić information content (AvgIpc) is 2.36. The molecule has 0 aliphatic rings. The van der Waals surface area contributed by atoms with Crippen LogP contribution in [0.1, 0.15) is 22.8 Å². The van der Waals surface area contributed by atoms with Gasteiger partial charge in [-0.25, -0.2) is 10.0 Å². The molecule has 18 heavy (non-hydrogen) atoms. The van der Waals surface area contributed by atoms with E-state index < -0.39 is 11.9 Å². The Morgan fingerprint density at radius 3 is 2.56 bits per heavy atom. The van der Waals surface area contributed by atoms with Crippen molar-refractivity contribution >= 4 is 33.6 Å². The fraction of sp³-hybridized carbons (Fsp3) is 0.273. The highest BCUT2D eigenvalue weighted by molar-refractivity contribution is 9.08. The van der Waals surface area contributed by atoms with Crippen molar-refractivity contribution in [3.05, 3.63) is 23.3 Å². The molecular formula is C11H13BrNO5+. The number of methoxy groups -OCH3 is 1. The predicted molar refractivity (Wildman–Crippen MR) is 65.1 cm³/mol. The van der Waals surface area contributed by atoms with Crippen molar-refractivity contribution < 1.29 is 29.8 Å². The lowest BCUT2D eigenvalue weighted by molar-refractivity contribution is -0.825. The number of quaternary nitrogens is 1. The van der Waals surface area contributed by atoms with Crippen LogP contribution in [0.15, 0.2) is 12.1 Å². The maximum Gasteiger partial charge on any atom is 0.338 e. The Balaban J connectivity index is 3.33. The summed E-state index contributed by atoms with van der Waals surface area (Å²) in [5, 5.41) is 9.49. The number of benzene rings is 1. The van der Waals surface area contributed by atoms with Crippen molar-refractivity contribution in [1.29, 1.82) is 0 Å². The van der Waals surface area contributed by atoms with E-state index >= 15 is 0 Å². The summed E-state index contributed by atoms with van der Waals surface area (Å²) in [6.07, 6.45) is 0. The number of halogens is 1. The number of carbonyl (C=O) groups excluding carboxylic acids is 2. The van der Waals surface area contributed by atoms with Crippen molar-refractivity contribution in [3.8, 4) is 5.75 Å². The first-order chi connectivity index (χ1) is 8.53. The van der Waals surface area contributed by atoms with Crippen LogP contribution in [-0.2, 0) is 14.9 Å². The second kappa shape index (κ2) is 6.48. The molecule has 0 unspecified atom stereocenters. The maximum atomic E-state index is 11.6. The van der Waals surface area contributed by atoms with Gasteiger partial charge in [0.15, 0.2) is 5.75 Å². The van der Waals surface area contributed by atoms with Gasteiger partial charge in [0.1, 0.15) is 0 Å². The highest BCUT2D eigenvalue weighted by Gasteiger charge is 2.19. The molecule has 0 fully saturated rings. The van der Waals surface area contributed by atoms with E-state index in [9.17, 15) is 9.59 Å². The van der Waals surface area contributed by atoms with Crippen LogP contribution < -0.4 is 10.2 Å². The van der Waals surface area contributed by atoms with Crippen molar-refractivity contribution in [2.24, 2.45) is 0 Å². The summed E-state index contributed by atoms with van der Waals surface area (Å²) in [6.45, 7) is 1.23. The van der Waals surface area contributed by atoms with Gasteiger partial charge >= 0.3 is 11.9 Å². The minimum absolute atomic E-state index is 0.107. The zero-order chi connectivity index (χ0) is 13.7. The van der Waals surface area contributed by atoms with Gasteiger partial charge in [-0.1, -0.05) is 15.9 Å². The predicted octanol–water partition coefficient (Wildman–Crippen LogP) is 0.877. The van der Waals surface area contributed by atoms with Crippen LogP contribution in [0.2, 0.25) is 0 Å². The summed E-state index contributed by atoms with van der Waals surface area (Å²) in [6, 6.07) is 2.91. The number of ether oxygens (including phenoxy) is 2. The van der Waals surface area contributed by atoms with Crippen LogP contribution in [0.3, 0.4) is 0 Å². The van der Waals surface area contributed by atoms with E-state index in [2.05, 4.69) is 20.7 Å². The molecule has 0 aromatic heterocycles. The van der Waals surface area contributed by atoms with Crippen molar-refractivity contribution in [3.63, 3.8) is 0 Å². The smallest absolute Gasteiger partial charge is 0.338 e. The average molecular weight is 319 g/mol. The number of esters is 2.